The van der Waals surface area contributed by atoms with Gasteiger partial charge in [0.15, 0.2) is 0 Å². The van der Waals surface area contributed by atoms with Crippen molar-refractivity contribution in [1.82, 2.24) is 15.5 Å². The predicted octanol–water partition coefficient (Wildman–Crippen LogP) is 0.910. The van der Waals surface area contributed by atoms with Gasteiger partial charge in [-0.05, 0) is 48.8 Å². The molecule has 3 N–H and O–H groups in total. The number of piperazine rings is 1. The zero-order valence-corrected chi connectivity index (χ0v) is 16.2. The first-order valence-electron chi connectivity index (χ1n) is 10.0. The summed E-state index contributed by atoms with van der Waals surface area (Å²) in [6, 6.07) is 6.80. The van der Waals surface area contributed by atoms with E-state index in [1.54, 1.807) is 24.3 Å². The SMILES string of the molecule is O=C1CN(C(=O)c2ccc(CNC(=O)C3(C(=O)O)CC4(CCC4)C3)cc2)CCN1. The summed E-state index contributed by atoms with van der Waals surface area (Å²) in [5, 5.41) is 15.1. The lowest BCUT2D eigenvalue weighted by Crippen LogP contribution is -2.61. The van der Waals surface area contributed by atoms with Gasteiger partial charge in [-0.2, -0.15) is 0 Å². The van der Waals surface area contributed by atoms with Crippen molar-refractivity contribution < 1.29 is 24.3 Å². The van der Waals surface area contributed by atoms with Gasteiger partial charge in [0.2, 0.25) is 11.8 Å². The Morgan fingerprint density at radius 1 is 1.14 bits per heavy atom. The van der Waals surface area contributed by atoms with Crippen molar-refractivity contribution in [2.75, 3.05) is 19.6 Å². The van der Waals surface area contributed by atoms with E-state index in [9.17, 15) is 24.3 Å². The van der Waals surface area contributed by atoms with Crippen LogP contribution in [0.25, 0.3) is 0 Å². The van der Waals surface area contributed by atoms with Crippen LogP contribution in [-0.2, 0) is 20.9 Å². The lowest BCUT2D eigenvalue weighted by Gasteiger charge is -2.58. The number of carboxylic acids is 1. The number of aliphatic carboxylic acids is 1. The maximum absolute atomic E-state index is 12.6. The summed E-state index contributed by atoms with van der Waals surface area (Å²) in [4.78, 5) is 49.8. The molecule has 1 aliphatic heterocycles. The highest BCUT2D eigenvalue weighted by molar-refractivity contribution is 6.03. The third-order valence-electron chi connectivity index (χ3n) is 6.59. The molecule has 1 aromatic carbocycles. The molecule has 0 atom stereocenters. The molecule has 1 aromatic rings. The van der Waals surface area contributed by atoms with Gasteiger partial charge < -0.3 is 20.6 Å². The molecule has 1 saturated heterocycles. The summed E-state index contributed by atoms with van der Waals surface area (Å²) >= 11 is 0. The highest BCUT2D eigenvalue weighted by Crippen LogP contribution is 2.64. The predicted molar refractivity (Wildman–Crippen MR) is 103 cm³/mol. The van der Waals surface area contributed by atoms with E-state index in [1.807, 2.05) is 0 Å². The van der Waals surface area contributed by atoms with E-state index in [4.69, 9.17) is 0 Å². The van der Waals surface area contributed by atoms with E-state index in [1.165, 1.54) is 4.90 Å². The van der Waals surface area contributed by atoms with Gasteiger partial charge >= 0.3 is 5.97 Å². The molecule has 2 aliphatic carbocycles. The number of carboxylic acid groups (broad SMARTS) is 1. The fraction of sp³-hybridized carbons (Fsp3) is 0.524. The first-order valence-corrected chi connectivity index (χ1v) is 10.0. The molecule has 8 nitrogen and oxygen atoms in total. The number of hydrogen-bond donors (Lipinski definition) is 3. The molecule has 4 rings (SSSR count). The molecule has 0 bridgehead atoms. The molecule has 1 heterocycles. The number of carbonyl (C=O) groups excluding carboxylic acids is 3. The number of amides is 3. The van der Waals surface area contributed by atoms with Crippen LogP contribution < -0.4 is 10.6 Å². The van der Waals surface area contributed by atoms with Crippen molar-refractivity contribution in [2.24, 2.45) is 10.8 Å². The number of rotatable bonds is 5. The van der Waals surface area contributed by atoms with Crippen molar-refractivity contribution in [3.8, 4) is 0 Å². The molecule has 3 aliphatic rings. The molecule has 0 radical (unpaired) electrons. The van der Waals surface area contributed by atoms with Crippen LogP contribution >= 0.6 is 0 Å². The summed E-state index contributed by atoms with van der Waals surface area (Å²) < 4.78 is 0. The van der Waals surface area contributed by atoms with Crippen LogP contribution in [-0.4, -0.2) is 53.3 Å². The Labute approximate surface area is 168 Å². The summed E-state index contributed by atoms with van der Waals surface area (Å²) in [6.07, 6.45) is 4.01. The van der Waals surface area contributed by atoms with Crippen LogP contribution in [0.5, 0.6) is 0 Å². The molecule has 29 heavy (non-hydrogen) atoms. The molecule has 0 aromatic heterocycles. The Morgan fingerprint density at radius 3 is 2.38 bits per heavy atom. The maximum Gasteiger partial charge on any atom is 0.319 e. The lowest BCUT2D eigenvalue weighted by atomic mass is 9.45. The molecular weight excluding hydrogens is 374 g/mol. The smallest absolute Gasteiger partial charge is 0.319 e. The van der Waals surface area contributed by atoms with Crippen LogP contribution in [0.15, 0.2) is 24.3 Å². The van der Waals surface area contributed by atoms with Crippen LogP contribution in [0.1, 0.15) is 48.0 Å². The van der Waals surface area contributed by atoms with Crippen molar-refractivity contribution in [3.63, 3.8) is 0 Å². The maximum atomic E-state index is 12.6. The summed E-state index contributed by atoms with van der Waals surface area (Å²) in [5.74, 6) is -1.85. The molecule has 3 amide bonds. The second-order valence-corrected chi connectivity index (χ2v) is 8.55. The largest absolute Gasteiger partial charge is 0.480 e. The number of nitrogens with one attached hydrogen (secondary N) is 2. The minimum Gasteiger partial charge on any atom is -0.480 e. The fourth-order valence-electron chi connectivity index (χ4n) is 4.78. The molecule has 3 fully saturated rings. The van der Waals surface area contributed by atoms with Gasteiger partial charge in [-0.1, -0.05) is 18.6 Å². The quantitative estimate of drug-likeness (QED) is 0.637. The van der Waals surface area contributed by atoms with Gasteiger partial charge in [0.1, 0.15) is 5.41 Å². The van der Waals surface area contributed by atoms with Crippen molar-refractivity contribution in [2.45, 2.75) is 38.6 Å². The minimum atomic E-state index is -1.30. The van der Waals surface area contributed by atoms with E-state index < -0.39 is 17.3 Å². The van der Waals surface area contributed by atoms with E-state index in [0.717, 1.165) is 24.8 Å². The average Bonchev–Trinajstić information content (AvgIpc) is 2.64. The van der Waals surface area contributed by atoms with Gasteiger partial charge in [0.05, 0.1) is 6.54 Å². The third kappa shape index (κ3) is 3.47. The van der Waals surface area contributed by atoms with E-state index in [0.29, 0.717) is 31.5 Å². The zero-order chi connectivity index (χ0) is 20.6. The molecular formula is C21H25N3O5. The standard InChI is InChI=1S/C21H25N3O5/c25-16-11-24(9-8-22-16)17(26)15-4-2-14(3-5-15)10-23-18(27)21(19(28)29)12-20(13-21)6-1-7-20/h2-5H,1,6-13H2,(H,22,25)(H,23,27)(H,28,29). The van der Waals surface area contributed by atoms with Crippen LogP contribution in [0, 0.1) is 10.8 Å². The van der Waals surface area contributed by atoms with Gasteiger partial charge in [-0.15, -0.1) is 0 Å². The highest BCUT2D eigenvalue weighted by atomic mass is 16.4. The molecule has 1 spiro atoms. The molecule has 8 heteroatoms. The second kappa shape index (κ2) is 7.17. The van der Waals surface area contributed by atoms with E-state index >= 15 is 0 Å². The van der Waals surface area contributed by atoms with E-state index in [2.05, 4.69) is 10.6 Å². The van der Waals surface area contributed by atoms with E-state index in [-0.39, 0.29) is 30.3 Å². The molecule has 0 unspecified atom stereocenters. The second-order valence-electron chi connectivity index (χ2n) is 8.55. The van der Waals surface area contributed by atoms with Gasteiger partial charge in [0.25, 0.3) is 5.91 Å². The van der Waals surface area contributed by atoms with Crippen LogP contribution in [0.4, 0.5) is 0 Å². The Bertz CT molecular complexity index is 852. The minimum absolute atomic E-state index is 0.0510. The first-order chi connectivity index (χ1) is 13.8. The summed E-state index contributed by atoms with van der Waals surface area (Å²) in [5.41, 5.74) is 0.0288. The Hall–Kier alpha value is -2.90. The number of hydrogen-bond acceptors (Lipinski definition) is 4. The zero-order valence-electron chi connectivity index (χ0n) is 16.2. The first kappa shape index (κ1) is 19.4. The normalized spacial score (nSPS) is 21.5. The van der Waals surface area contributed by atoms with Crippen molar-refractivity contribution in [3.05, 3.63) is 35.4 Å². The Balaban J connectivity index is 1.34. The lowest BCUT2D eigenvalue weighted by molar-refractivity contribution is -0.181. The van der Waals surface area contributed by atoms with Crippen molar-refractivity contribution >= 4 is 23.7 Å². The molecule has 154 valence electrons. The number of nitrogens with zero attached hydrogens (tertiary/aromatic N) is 1. The van der Waals surface area contributed by atoms with Gasteiger partial charge in [-0.25, -0.2) is 0 Å². The topological polar surface area (TPSA) is 116 Å². The van der Waals surface area contributed by atoms with Crippen LogP contribution in [0.2, 0.25) is 0 Å². The Kier molecular flexibility index (Phi) is 4.80. The van der Waals surface area contributed by atoms with Gasteiger partial charge in [-0.3, -0.25) is 19.2 Å². The fourth-order valence-corrected chi connectivity index (χ4v) is 4.78. The average molecular weight is 399 g/mol. The summed E-state index contributed by atoms with van der Waals surface area (Å²) in [7, 11) is 0. The summed E-state index contributed by atoms with van der Waals surface area (Å²) in [6.45, 7) is 1.18. The molecule has 2 saturated carbocycles. The van der Waals surface area contributed by atoms with Crippen molar-refractivity contribution in [1.29, 1.82) is 0 Å². The third-order valence-corrected chi connectivity index (χ3v) is 6.59. The highest BCUT2D eigenvalue weighted by Gasteiger charge is 2.64. The number of carbonyl (C=O) groups is 4. The number of benzene rings is 1. The monoisotopic (exact) mass is 399 g/mol. The Morgan fingerprint density at radius 2 is 1.83 bits per heavy atom. The van der Waals surface area contributed by atoms with Crippen LogP contribution in [0.3, 0.4) is 0 Å². The van der Waals surface area contributed by atoms with Gasteiger partial charge in [0, 0.05) is 25.2 Å².